The number of aromatic nitrogens is 1. The summed E-state index contributed by atoms with van der Waals surface area (Å²) < 4.78 is 10.9. The first kappa shape index (κ1) is 21.3. The van der Waals surface area contributed by atoms with Crippen LogP contribution in [0.1, 0.15) is 29.3 Å². The van der Waals surface area contributed by atoms with Gasteiger partial charge < -0.3 is 29.4 Å². The number of amides is 2. The van der Waals surface area contributed by atoms with Gasteiger partial charge in [0.1, 0.15) is 6.04 Å². The van der Waals surface area contributed by atoms with Gasteiger partial charge in [-0.2, -0.15) is 0 Å². The predicted octanol–water partition coefficient (Wildman–Crippen LogP) is 2.25. The average molecular weight is 450 g/mol. The second-order valence-corrected chi connectivity index (χ2v) is 8.44. The average Bonchev–Trinajstić information content (AvgIpc) is 3.22. The molecular weight excluding hydrogens is 422 g/mol. The molecule has 2 aliphatic heterocycles. The van der Waals surface area contributed by atoms with Crippen molar-refractivity contribution in [3.63, 3.8) is 0 Å². The number of rotatable bonds is 6. The number of aromatic amines is 1. The Hall–Kier alpha value is -3.52. The fraction of sp³-hybridized carbons (Fsp3) is 0.360. The smallest absolute Gasteiger partial charge is 0.246 e. The number of benzene rings is 2. The molecule has 1 saturated heterocycles. The number of ether oxygens (including phenoxy) is 2. The minimum Gasteiger partial charge on any atom is -0.493 e. The number of hydrogen-bond acceptors (Lipinski definition) is 5. The van der Waals surface area contributed by atoms with Crippen LogP contribution in [-0.2, 0) is 16.0 Å². The largest absolute Gasteiger partial charge is 0.493 e. The van der Waals surface area contributed by atoms with Crippen molar-refractivity contribution >= 4 is 22.7 Å². The maximum atomic E-state index is 13.5. The van der Waals surface area contributed by atoms with Gasteiger partial charge in [-0.25, -0.2) is 0 Å². The molecule has 2 aromatic carbocycles. The molecule has 0 spiro atoms. The Morgan fingerprint density at radius 3 is 2.64 bits per heavy atom. The van der Waals surface area contributed by atoms with Crippen LogP contribution >= 0.6 is 0 Å². The van der Waals surface area contributed by atoms with Crippen molar-refractivity contribution < 1.29 is 24.2 Å². The fourth-order valence-corrected chi connectivity index (χ4v) is 5.14. The van der Waals surface area contributed by atoms with E-state index < -0.39 is 12.1 Å². The molecule has 33 heavy (non-hydrogen) atoms. The first-order valence-electron chi connectivity index (χ1n) is 11.1. The molecule has 2 unspecified atom stereocenters. The van der Waals surface area contributed by atoms with Gasteiger partial charge in [-0.05, 0) is 35.7 Å². The van der Waals surface area contributed by atoms with Crippen LogP contribution in [-0.4, -0.2) is 71.7 Å². The van der Waals surface area contributed by atoms with Gasteiger partial charge in [0, 0.05) is 36.2 Å². The lowest BCUT2D eigenvalue weighted by Crippen LogP contribution is -2.63. The van der Waals surface area contributed by atoms with Crippen LogP contribution in [0, 0.1) is 0 Å². The Balaban J connectivity index is 1.67. The molecule has 8 nitrogen and oxygen atoms in total. The number of aliphatic hydroxyl groups excluding tert-OH is 1. The summed E-state index contributed by atoms with van der Waals surface area (Å²) in [6.45, 7) is 0.356. The van der Waals surface area contributed by atoms with E-state index in [0.717, 1.165) is 27.7 Å². The normalized spacial score (nSPS) is 20.1. The Morgan fingerprint density at radius 2 is 1.88 bits per heavy atom. The summed E-state index contributed by atoms with van der Waals surface area (Å²) in [6.07, 6.45) is 0.895. The lowest BCUT2D eigenvalue weighted by molar-refractivity contribution is -0.158. The first-order valence-corrected chi connectivity index (χ1v) is 11.1. The number of carbonyl (C=O) groups is 2. The third kappa shape index (κ3) is 3.41. The molecule has 8 heteroatoms. The van der Waals surface area contributed by atoms with Gasteiger partial charge in [-0.3, -0.25) is 9.59 Å². The second kappa shape index (κ2) is 8.44. The number of fused-ring (bicyclic) bond motifs is 4. The van der Waals surface area contributed by atoms with E-state index in [4.69, 9.17) is 9.47 Å². The lowest BCUT2D eigenvalue weighted by atomic mass is 9.86. The lowest BCUT2D eigenvalue weighted by Gasteiger charge is -2.47. The number of hydrogen-bond donors (Lipinski definition) is 2. The maximum absolute atomic E-state index is 13.5. The third-order valence-corrected chi connectivity index (χ3v) is 6.65. The van der Waals surface area contributed by atoms with Gasteiger partial charge in [-0.1, -0.05) is 24.3 Å². The minimum absolute atomic E-state index is 0.00862. The predicted molar refractivity (Wildman–Crippen MR) is 122 cm³/mol. The summed E-state index contributed by atoms with van der Waals surface area (Å²) in [5, 5.41) is 10.3. The molecule has 2 aliphatic rings. The molecule has 0 bridgehead atoms. The quantitative estimate of drug-likeness (QED) is 0.602. The molecule has 0 aliphatic carbocycles. The zero-order valence-corrected chi connectivity index (χ0v) is 18.7. The summed E-state index contributed by atoms with van der Waals surface area (Å²) >= 11 is 0. The second-order valence-electron chi connectivity index (χ2n) is 8.44. The number of carbonyl (C=O) groups excluding carboxylic acids is 2. The summed E-state index contributed by atoms with van der Waals surface area (Å²) in [5.74, 6) is 0.975. The molecule has 2 atom stereocenters. The number of nitrogens with one attached hydrogen (secondary N) is 1. The van der Waals surface area contributed by atoms with E-state index in [2.05, 4.69) is 4.98 Å². The molecule has 2 amide bonds. The maximum Gasteiger partial charge on any atom is 0.246 e. The molecule has 0 radical (unpaired) electrons. The van der Waals surface area contributed by atoms with E-state index in [1.807, 2.05) is 42.5 Å². The van der Waals surface area contributed by atoms with Crippen LogP contribution in [0.25, 0.3) is 10.9 Å². The van der Waals surface area contributed by atoms with Crippen LogP contribution in [0.3, 0.4) is 0 Å². The molecule has 1 fully saturated rings. The van der Waals surface area contributed by atoms with Crippen molar-refractivity contribution in [2.75, 3.05) is 33.9 Å². The van der Waals surface area contributed by atoms with E-state index in [1.165, 1.54) is 0 Å². The highest BCUT2D eigenvalue weighted by molar-refractivity contribution is 5.97. The van der Waals surface area contributed by atoms with Crippen LogP contribution < -0.4 is 9.47 Å². The number of methoxy groups -OCH3 is 2. The summed E-state index contributed by atoms with van der Waals surface area (Å²) in [5.41, 5.74) is 3.79. The van der Waals surface area contributed by atoms with Crippen molar-refractivity contribution in [1.82, 2.24) is 14.8 Å². The zero-order valence-electron chi connectivity index (χ0n) is 18.7. The highest BCUT2D eigenvalue weighted by Gasteiger charge is 2.48. The first-order chi connectivity index (χ1) is 16.1. The Kier molecular flexibility index (Phi) is 5.46. The summed E-state index contributed by atoms with van der Waals surface area (Å²) in [4.78, 5) is 33.7. The van der Waals surface area contributed by atoms with E-state index in [1.54, 1.807) is 24.0 Å². The molecular formula is C25H27N3O5. The van der Waals surface area contributed by atoms with Gasteiger partial charge in [0.25, 0.3) is 0 Å². The fourth-order valence-electron chi connectivity index (χ4n) is 5.14. The van der Waals surface area contributed by atoms with Gasteiger partial charge in [-0.15, -0.1) is 0 Å². The summed E-state index contributed by atoms with van der Waals surface area (Å²) in [7, 11) is 3.16. The van der Waals surface area contributed by atoms with E-state index >= 15 is 0 Å². The number of para-hydroxylation sites is 1. The molecule has 172 valence electrons. The van der Waals surface area contributed by atoms with E-state index in [-0.39, 0.29) is 25.0 Å². The third-order valence-electron chi connectivity index (χ3n) is 6.65. The molecule has 5 rings (SSSR count). The van der Waals surface area contributed by atoms with Crippen molar-refractivity contribution in [2.45, 2.75) is 24.9 Å². The molecule has 0 saturated carbocycles. The van der Waals surface area contributed by atoms with E-state index in [0.29, 0.717) is 30.9 Å². The Bertz CT molecular complexity index is 1220. The number of piperazine rings is 1. The monoisotopic (exact) mass is 449 g/mol. The van der Waals surface area contributed by atoms with Crippen LogP contribution in [0.2, 0.25) is 0 Å². The number of H-pyrrole nitrogens is 1. The zero-order chi connectivity index (χ0) is 23.1. The van der Waals surface area contributed by atoms with Crippen LogP contribution in [0.5, 0.6) is 11.5 Å². The number of aliphatic hydroxyl groups is 1. The SMILES string of the molecule is COc1ccc(C2c3[nH]c4ccccc4c3CC3C(=O)N(CCCO)CC(=O)N32)cc1OC. The van der Waals surface area contributed by atoms with Crippen molar-refractivity contribution in [2.24, 2.45) is 0 Å². The topological polar surface area (TPSA) is 95.1 Å². The Morgan fingerprint density at radius 1 is 1.09 bits per heavy atom. The highest BCUT2D eigenvalue weighted by atomic mass is 16.5. The molecule has 2 N–H and O–H groups in total. The van der Waals surface area contributed by atoms with E-state index in [9.17, 15) is 14.7 Å². The van der Waals surface area contributed by atoms with Gasteiger partial charge >= 0.3 is 0 Å². The van der Waals surface area contributed by atoms with Gasteiger partial charge in [0.05, 0.1) is 26.8 Å². The minimum atomic E-state index is -0.602. The highest BCUT2D eigenvalue weighted by Crippen LogP contribution is 2.44. The molecule has 3 aromatic rings. The standard InChI is InChI=1S/C25H27N3O5/c1-32-20-9-8-15(12-21(20)33-2)24-23-17(16-6-3-4-7-18(16)26-23)13-19-25(31)27(10-5-11-29)14-22(30)28(19)24/h3-4,6-9,12,19,24,26,29H,5,10-11,13-14H2,1-2H3. The molecule has 3 heterocycles. The van der Waals surface area contributed by atoms with Gasteiger partial charge in [0.15, 0.2) is 11.5 Å². The Labute approximate surface area is 191 Å². The van der Waals surface area contributed by atoms with Crippen molar-refractivity contribution in [1.29, 1.82) is 0 Å². The van der Waals surface area contributed by atoms with Crippen LogP contribution in [0.15, 0.2) is 42.5 Å². The van der Waals surface area contributed by atoms with Crippen molar-refractivity contribution in [3.05, 3.63) is 59.3 Å². The van der Waals surface area contributed by atoms with Crippen molar-refractivity contribution in [3.8, 4) is 11.5 Å². The number of nitrogens with zero attached hydrogens (tertiary/aromatic N) is 2. The van der Waals surface area contributed by atoms with Gasteiger partial charge in [0.2, 0.25) is 11.8 Å². The van der Waals surface area contributed by atoms with Crippen LogP contribution in [0.4, 0.5) is 0 Å². The molecule has 1 aromatic heterocycles. The summed E-state index contributed by atoms with van der Waals surface area (Å²) in [6, 6.07) is 12.6.